The smallest absolute Gasteiger partial charge is 0.340 e. The molecule has 10 heteroatoms. The summed E-state index contributed by atoms with van der Waals surface area (Å²) in [5.41, 5.74) is -0.524. The van der Waals surface area contributed by atoms with Crippen LogP contribution in [0.25, 0.3) is 0 Å². The van der Waals surface area contributed by atoms with Gasteiger partial charge in [-0.2, -0.15) is 0 Å². The number of non-ortho nitro benzene ring substituents is 1. The van der Waals surface area contributed by atoms with Crippen LogP contribution >= 0.6 is 11.6 Å². The van der Waals surface area contributed by atoms with Gasteiger partial charge in [0.05, 0.1) is 15.5 Å². The summed E-state index contributed by atoms with van der Waals surface area (Å²) in [5, 5.41) is 16.7. The summed E-state index contributed by atoms with van der Waals surface area (Å²) < 4.78 is 9.77. The number of hydrogen-bond donors (Lipinski definition) is 1. The number of benzene rings is 1. The lowest BCUT2D eigenvalue weighted by Gasteiger charge is -2.12. The maximum Gasteiger partial charge on any atom is 0.340 e. The van der Waals surface area contributed by atoms with E-state index >= 15 is 0 Å². The van der Waals surface area contributed by atoms with Gasteiger partial charge in [0, 0.05) is 18.2 Å². The maximum atomic E-state index is 12.1. The van der Waals surface area contributed by atoms with Crippen molar-refractivity contribution in [3.63, 3.8) is 0 Å². The summed E-state index contributed by atoms with van der Waals surface area (Å²) >= 11 is 5.84. The highest BCUT2D eigenvalue weighted by Gasteiger charge is 2.23. The molecule has 1 aromatic carbocycles. The molecule has 1 heterocycles. The van der Waals surface area contributed by atoms with Crippen molar-refractivity contribution in [2.75, 3.05) is 5.32 Å². The minimum Gasteiger partial charge on any atom is -0.449 e. The Labute approximate surface area is 140 Å². The number of amides is 1. The standard InChI is InChI=1S/C14H12ClN3O6/c1-7-5-12(17-24-7)16-13(19)8(2)23-14(20)10-6-9(18(21)22)3-4-11(10)15/h3-6,8H,1-2H3,(H,16,17,19). The molecule has 1 atom stereocenters. The van der Waals surface area contributed by atoms with Crippen molar-refractivity contribution in [1.29, 1.82) is 0 Å². The van der Waals surface area contributed by atoms with Gasteiger partial charge < -0.3 is 14.6 Å². The number of esters is 1. The Kier molecular flexibility index (Phi) is 5.14. The first-order valence-corrected chi connectivity index (χ1v) is 7.05. The molecule has 2 rings (SSSR count). The summed E-state index contributed by atoms with van der Waals surface area (Å²) in [6.07, 6.45) is -1.18. The molecule has 0 radical (unpaired) electrons. The summed E-state index contributed by atoms with van der Waals surface area (Å²) in [4.78, 5) is 34.1. The number of nitrogens with one attached hydrogen (secondary N) is 1. The van der Waals surface area contributed by atoms with Crippen LogP contribution in [0.15, 0.2) is 28.8 Å². The number of carbonyl (C=O) groups excluding carboxylic acids is 2. The van der Waals surface area contributed by atoms with Crippen molar-refractivity contribution in [3.05, 3.63) is 50.7 Å². The maximum absolute atomic E-state index is 12.1. The van der Waals surface area contributed by atoms with Crippen LogP contribution in [0.3, 0.4) is 0 Å². The van der Waals surface area contributed by atoms with E-state index in [0.717, 1.165) is 12.1 Å². The van der Waals surface area contributed by atoms with E-state index < -0.39 is 22.9 Å². The minimum absolute atomic E-state index is 0.0228. The molecule has 0 spiro atoms. The Morgan fingerprint density at radius 3 is 2.71 bits per heavy atom. The first kappa shape index (κ1) is 17.4. The number of aryl methyl sites for hydroxylation is 1. The van der Waals surface area contributed by atoms with E-state index in [0.29, 0.717) is 5.76 Å². The van der Waals surface area contributed by atoms with E-state index in [1.807, 2.05) is 0 Å². The number of halogens is 1. The van der Waals surface area contributed by atoms with Gasteiger partial charge in [-0.05, 0) is 19.9 Å². The summed E-state index contributed by atoms with van der Waals surface area (Å²) in [7, 11) is 0. The number of carbonyl (C=O) groups is 2. The third-order valence-electron chi connectivity index (χ3n) is 2.91. The van der Waals surface area contributed by atoms with Gasteiger partial charge in [-0.1, -0.05) is 16.8 Å². The van der Waals surface area contributed by atoms with Crippen LogP contribution in [0.1, 0.15) is 23.0 Å². The number of nitro groups is 1. The van der Waals surface area contributed by atoms with Crippen LogP contribution in [0.4, 0.5) is 11.5 Å². The molecule has 0 bridgehead atoms. The lowest BCUT2D eigenvalue weighted by molar-refractivity contribution is -0.384. The normalized spacial score (nSPS) is 11.6. The number of nitrogens with zero attached hydrogens (tertiary/aromatic N) is 2. The third kappa shape index (κ3) is 4.07. The Balaban J connectivity index is 2.07. The Hall–Kier alpha value is -2.94. The summed E-state index contributed by atoms with van der Waals surface area (Å²) in [5.74, 6) is -0.923. The van der Waals surface area contributed by atoms with E-state index in [1.165, 1.54) is 19.1 Å². The zero-order valence-corrected chi connectivity index (χ0v) is 13.4. The molecule has 0 saturated carbocycles. The zero-order chi connectivity index (χ0) is 17.9. The van der Waals surface area contributed by atoms with Gasteiger partial charge in [-0.15, -0.1) is 0 Å². The van der Waals surface area contributed by atoms with E-state index in [1.54, 1.807) is 6.92 Å². The highest BCUT2D eigenvalue weighted by molar-refractivity contribution is 6.33. The van der Waals surface area contributed by atoms with Gasteiger partial charge in [0.1, 0.15) is 5.76 Å². The largest absolute Gasteiger partial charge is 0.449 e. The van der Waals surface area contributed by atoms with E-state index in [4.69, 9.17) is 20.9 Å². The predicted octanol–water partition coefficient (Wildman–Crippen LogP) is 2.73. The molecule has 0 saturated heterocycles. The van der Waals surface area contributed by atoms with Gasteiger partial charge in [0.2, 0.25) is 0 Å². The molecule has 0 aliphatic carbocycles. The SMILES string of the molecule is Cc1cc(NC(=O)C(C)OC(=O)c2cc([N+](=O)[O-])ccc2Cl)no1. The summed E-state index contributed by atoms with van der Waals surface area (Å²) in [6.45, 7) is 2.99. The first-order valence-electron chi connectivity index (χ1n) is 6.67. The summed E-state index contributed by atoms with van der Waals surface area (Å²) in [6, 6.07) is 4.83. The molecule has 0 aliphatic heterocycles. The number of anilines is 1. The number of aromatic nitrogens is 1. The molecular weight excluding hydrogens is 342 g/mol. The van der Waals surface area contributed by atoms with Crippen molar-refractivity contribution in [2.24, 2.45) is 0 Å². The van der Waals surface area contributed by atoms with Gasteiger partial charge in [-0.25, -0.2) is 4.79 Å². The van der Waals surface area contributed by atoms with Crippen LogP contribution in [0, 0.1) is 17.0 Å². The van der Waals surface area contributed by atoms with Crippen LogP contribution in [-0.2, 0) is 9.53 Å². The topological polar surface area (TPSA) is 125 Å². The fourth-order valence-corrected chi connectivity index (χ4v) is 1.91. The van der Waals surface area contributed by atoms with Crippen molar-refractivity contribution in [1.82, 2.24) is 5.16 Å². The van der Waals surface area contributed by atoms with Crippen molar-refractivity contribution in [2.45, 2.75) is 20.0 Å². The first-order chi connectivity index (χ1) is 11.3. The Morgan fingerprint density at radius 1 is 1.42 bits per heavy atom. The fraction of sp³-hybridized carbons (Fsp3) is 0.214. The molecular formula is C14H12ClN3O6. The van der Waals surface area contributed by atoms with Crippen LogP contribution < -0.4 is 5.32 Å². The molecule has 2 aromatic rings. The highest BCUT2D eigenvalue weighted by Crippen LogP contribution is 2.23. The van der Waals surface area contributed by atoms with Gasteiger partial charge in [-0.3, -0.25) is 14.9 Å². The number of rotatable bonds is 5. The van der Waals surface area contributed by atoms with Gasteiger partial charge in [0.15, 0.2) is 11.9 Å². The Morgan fingerprint density at radius 2 is 2.12 bits per heavy atom. The number of hydrogen-bond acceptors (Lipinski definition) is 7. The second-order valence-corrected chi connectivity index (χ2v) is 5.19. The van der Waals surface area contributed by atoms with E-state index in [9.17, 15) is 19.7 Å². The minimum atomic E-state index is -1.18. The molecule has 0 fully saturated rings. The molecule has 9 nitrogen and oxygen atoms in total. The van der Waals surface area contributed by atoms with Gasteiger partial charge >= 0.3 is 5.97 Å². The second kappa shape index (κ2) is 7.09. The van der Waals surface area contributed by atoms with E-state index in [2.05, 4.69) is 10.5 Å². The average molecular weight is 354 g/mol. The number of nitro benzene ring substituents is 1. The van der Waals surface area contributed by atoms with Crippen molar-refractivity contribution < 1.29 is 23.8 Å². The lowest BCUT2D eigenvalue weighted by Crippen LogP contribution is -2.30. The zero-order valence-electron chi connectivity index (χ0n) is 12.6. The van der Waals surface area contributed by atoms with Crippen LogP contribution in [0.5, 0.6) is 0 Å². The van der Waals surface area contributed by atoms with Crippen molar-refractivity contribution in [3.8, 4) is 0 Å². The molecule has 1 unspecified atom stereocenters. The van der Waals surface area contributed by atoms with E-state index in [-0.39, 0.29) is 22.1 Å². The molecule has 1 amide bonds. The highest BCUT2D eigenvalue weighted by atomic mass is 35.5. The molecule has 126 valence electrons. The van der Waals surface area contributed by atoms with Gasteiger partial charge in [0.25, 0.3) is 11.6 Å². The van der Waals surface area contributed by atoms with Crippen LogP contribution in [0.2, 0.25) is 5.02 Å². The molecule has 1 aromatic heterocycles. The monoisotopic (exact) mass is 353 g/mol. The number of ether oxygens (including phenoxy) is 1. The molecule has 0 aliphatic rings. The molecule has 24 heavy (non-hydrogen) atoms. The Bertz CT molecular complexity index is 804. The fourth-order valence-electron chi connectivity index (χ4n) is 1.71. The average Bonchev–Trinajstić information content (AvgIpc) is 2.92. The lowest BCUT2D eigenvalue weighted by atomic mass is 10.2. The quantitative estimate of drug-likeness (QED) is 0.497. The molecule has 1 N–H and O–H groups in total. The van der Waals surface area contributed by atoms with Crippen molar-refractivity contribution >= 4 is 35.0 Å². The van der Waals surface area contributed by atoms with Crippen LogP contribution in [-0.4, -0.2) is 28.1 Å². The second-order valence-electron chi connectivity index (χ2n) is 4.78. The predicted molar refractivity (Wildman–Crippen MR) is 82.9 cm³/mol. The third-order valence-corrected chi connectivity index (χ3v) is 3.24.